The molecule has 0 aliphatic carbocycles. The van der Waals surface area contributed by atoms with E-state index in [9.17, 15) is 24.3 Å². The largest absolute Gasteiger partial charge is 0.504 e. The monoisotopic (exact) mass is 530 g/mol. The summed E-state index contributed by atoms with van der Waals surface area (Å²) in [7, 11) is 0. The zero-order valence-electron chi connectivity index (χ0n) is 21.0. The molecular formula is C26H30N2O8S. The van der Waals surface area contributed by atoms with Crippen molar-refractivity contribution in [3.05, 3.63) is 53.9 Å². The Balaban J connectivity index is 1.87. The van der Waals surface area contributed by atoms with E-state index in [4.69, 9.17) is 14.2 Å². The predicted octanol–water partition coefficient (Wildman–Crippen LogP) is 2.52. The van der Waals surface area contributed by atoms with Crippen LogP contribution in [0.15, 0.2) is 47.5 Å². The molecule has 4 atom stereocenters. The minimum atomic E-state index is -1.38. The van der Waals surface area contributed by atoms with Gasteiger partial charge in [-0.05, 0) is 31.2 Å². The summed E-state index contributed by atoms with van der Waals surface area (Å²) < 4.78 is 16.6. The van der Waals surface area contributed by atoms with Crippen molar-refractivity contribution in [1.82, 2.24) is 10.3 Å². The van der Waals surface area contributed by atoms with Crippen molar-refractivity contribution < 1.29 is 38.5 Å². The van der Waals surface area contributed by atoms with Gasteiger partial charge >= 0.3 is 17.9 Å². The number of cyclic esters (lactones) is 2. The third-order valence-electron chi connectivity index (χ3n) is 5.79. The summed E-state index contributed by atoms with van der Waals surface area (Å²) in [6, 6.07) is 9.27. The summed E-state index contributed by atoms with van der Waals surface area (Å²) in [6.45, 7) is 4.30. The van der Waals surface area contributed by atoms with Crippen LogP contribution in [0.3, 0.4) is 0 Å². The summed E-state index contributed by atoms with van der Waals surface area (Å²) in [5.41, 5.74) is 0.512. The quantitative estimate of drug-likeness (QED) is 0.312. The lowest BCUT2D eigenvalue weighted by molar-refractivity contribution is -0.176. The molecule has 1 amide bonds. The standard InChI is InChI=1S/C26H30N2O8S/c1-14(2)24(31)36-22-15(3)35-26(33)18(28-23(30)20-21(29)19(37-4)10-11-27-20)13-34-25(32)17(22)12-16-8-6-5-7-9-16/h5-11,14-15,17-18,22,29H,12-13H2,1-4H3,(H,28,30). The van der Waals surface area contributed by atoms with Gasteiger partial charge in [-0.1, -0.05) is 44.2 Å². The van der Waals surface area contributed by atoms with Crippen molar-refractivity contribution in [3.63, 3.8) is 0 Å². The lowest BCUT2D eigenvalue weighted by atomic mass is 9.91. The fraction of sp³-hybridized carbons (Fsp3) is 0.423. The van der Waals surface area contributed by atoms with Gasteiger partial charge in [-0.25, -0.2) is 9.78 Å². The molecule has 11 heteroatoms. The number of rotatable bonds is 7. The summed E-state index contributed by atoms with van der Waals surface area (Å²) in [5.74, 6) is -4.78. The zero-order chi connectivity index (χ0) is 27.1. The Morgan fingerprint density at radius 2 is 1.89 bits per heavy atom. The van der Waals surface area contributed by atoms with Gasteiger partial charge in [0.25, 0.3) is 5.91 Å². The highest BCUT2D eigenvalue weighted by atomic mass is 32.2. The van der Waals surface area contributed by atoms with Gasteiger partial charge < -0.3 is 24.6 Å². The van der Waals surface area contributed by atoms with Gasteiger partial charge in [0.15, 0.2) is 23.6 Å². The lowest BCUT2D eigenvalue weighted by Crippen LogP contribution is -2.47. The van der Waals surface area contributed by atoms with E-state index in [0.717, 1.165) is 5.56 Å². The van der Waals surface area contributed by atoms with E-state index >= 15 is 0 Å². The molecule has 1 aliphatic heterocycles. The van der Waals surface area contributed by atoms with Crippen LogP contribution in [0.5, 0.6) is 5.75 Å². The van der Waals surface area contributed by atoms with Crippen LogP contribution in [0.2, 0.25) is 0 Å². The molecule has 1 aromatic carbocycles. The first-order valence-corrected chi connectivity index (χ1v) is 13.0. The van der Waals surface area contributed by atoms with Gasteiger partial charge in [-0.15, -0.1) is 11.8 Å². The van der Waals surface area contributed by atoms with Gasteiger partial charge in [0.2, 0.25) is 0 Å². The molecule has 37 heavy (non-hydrogen) atoms. The van der Waals surface area contributed by atoms with Gasteiger partial charge in [0.05, 0.1) is 10.8 Å². The van der Waals surface area contributed by atoms with Crippen molar-refractivity contribution in [2.24, 2.45) is 11.8 Å². The summed E-state index contributed by atoms with van der Waals surface area (Å²) in [4.78, 5) is 55.8. The Morgan fingerprint density at radius 3 is 2.54 bits per heavy atom. The Bertz CT molecular complexity index is 1140. The maximum absolute atomic E-state index is 13.2. The van der Waals surface area contributed by atoms with Crippen LogP contribution in [-0.2, 0) is 35.0 Å². The average molecular weight is 531 g/mol. The smallest absolute Gasteiger partial charge is 0.332 e. The SMILES string of the molecule is CSc1ccnc(C(=O)NC2COC(=O)C(Cc3ccccc3)C(OC(=O)C(C)C)C(C)OC2=O)c1O. The number of amides is 1. The van der Waals surface area contributed by atoms with Crippen LogP contribution < -0.4 is 5.32 Å². The van der Waals surface area contributed by atoms with Crippen LogP contribution >= 0.6 is 11.8 Å². The Kier molecular flexibility index (Phi) is 9.51. The molecule has 1 aliphatic rings. The number of aromatic nitrogens is 1. The predicted molar refractivity (Wildman–Crippen MR) is 134 cm³/mol. The second-order valence-electron chi connectivity index (χ2n) is 8.86. The molecule has 1 aromatic heterocycles. The van der Waals surface area contributed by atoms with Crippen LogP contribution in [0.4, 0.5) is 0 Å². The van der Waals surface area contributed by atoms with Crippen LogP contribution in [0.25, 0.3) is 0 Å². The number of benzene rings is 1. The third kappa shape index (κ3) is 7.00. The molecule has 0 radical (unpaired) electrons. The van der Waals surface area contributed by atoms with E-state index < -0.39 is 60.5 Å². The first kappa shape index (κ1) is 28.0. The fourth-order valence-electron chi connectivity index (χ4n) is 3.74. The molecule has 0 bridgehead atoms. The van der Waals surface area contributed by atoms with Crippen LogP contribution in [0.1, 0.15) is 36.8 Å². The maximum Gasteiger partial charge on any atom is 0.332 e. The van der Waals surface area contributed by atoms with Crippen molar-refractivity contribution in [2.45, 2.75) is 50.3 Å². The highest BCUT2D eigenvalue weighted by molar-refractivity contribution is 7.98. The Morgan fingerprint density at radius 1 is 1.19 bits per heavy atom. The minimum Gasteiger partial charge on any atom is -0.504 e. The second-order valence-corrected chi connectivity index (χ2v) is 9.71. The molecule has 2 N–H and O–H groups in total. The first-order chi connectivity index (χ1) is 17.6. The van der Waals surface area contributed by atoms with Crippen molar-refractivity contribution >= 4 is 35.6 Å². The molecule has 4 unspecified atom stereocenters. The number of nitrogens with one attached hydrogen (secondary N) is 1. The average Bonchev–Trinajstić information content (AvgIpc) is 2.91. The summed E-state index contributed by atoms with van der Waals surface area (Å²) >= 11 is 1.22. The number of thioether (sulfide) groups is 1. The molecule has 0 spiro atoms. The fourth-order valence-corrected chi connectivity index (χ4v) is 4.23. The molecule has 3 rings (SSSR count). The third-order valence-corrected chi connectivity index (χ3v) is 6.56. The van der Waals surface area contributed by atoms with E-state index in [2.05, 4.69) is 10.3 Å². The van der Waals surface area contributed by atoms with E-state index in [1.165, 1.54) is 24.9 Å². The van der Waals surface area contributed by atoms with Gasteiger partial charge in [0.1, 0.15) is 18.6 Å². The highest BCUT2D eigenvalue weighted by Crippen LogP contribution is 2.29. The number of hydrogen-bond acceptors (Lipinski definition) is 10. The molecule has 0 saturated carbocycles. The van der Waals surface area contributed by atoms with Crippen molar-refractivity contribution in [2.75, 3.05) is 12.9 Å². The van der Waals surface area contributed by atoms with Crippen LogP contribution in [0, 0.1) is 11.8 Å². The molecular weight excluding hydrogens is 500 g/mol. The number of esters is 3. The van der Waals surface area contributed by atoms with E-state index in [1.807, 2.05) is 30.3 Å². The number of pyridine rings is 1. The zero-order valence-corrected chi connectivity index (χ0v) is 21.8. The molecule has 2 aromatic rings. The summed E-state index contributed by atoms with van der Waals surface area (Å²) in [5, 5.41) is 12.8. The first-order valence-electron chi connectivity index (χ1n) is 11.8. The number of hydrogen-bond donors (Lipinski definition) is 2. The molecule has 198 valence electrons. The van der Waals surface area contributed by atoms with E-state index in [-0.39, 0.29) is 17.9 Å². The highest BCUT2D eigenvalue weighted by Gasteiger charge is 2.42. The van der Waals surface area contributed by atoms with E-state index in [1.54, 1.807) is 26.2 Å². The number of carbonyl (C=O) groups is 4. The second kappa shape index (κ2) is 12.6. The number of nitrogens with zero attached hydrogens (tertiary/aromatic N) is 1. The topological polar surface area (TPSA) is 141 Å². The normalized spacial score (nSPS) is 22.2. The number of carbonyl (C=O) groups excluding carboxylic acids is 4. The molecule has 2 heterocycles. The Labute approximate surface area is 219 Å². The maximum atomic E-state index is 13.2. The number of ether oxygens (including phenoxy) is 3. The molecule has 1 fully saturated rings. The molecule has 1 saturated heterocycles. The van der Waals surface area contributed by atoms with Crippen LogP contribution in [-0.4, -0.2) is 65.0 Å². The Hall–Kier alpha value is -3.60. The van der Waals surface area contributed by atoms with Crippen molar-refractivity contribution in [3.8, 4) is 5.75 Å². The minimum absolute atomic E-state index is 0.175. The summed E-state index contributed by atoms with van der Waals surface area (Å²) in [6.07, 6.45) is 1.10. The molecule has 10 nitrogen and oxygen atoms in total. The number of aromatic hydroxyl groups is 1. The lowest BCUT2D eigenvalue weighted by Gasteiger charge is -2.29. The van der Waals surface area contributed by atoms with Gasteiger partial charge in [-0.3, -0.25) is 14.4 Å². The van der Waals surface area contributed by atoms with Gasteiger partial charge in [0, 0.05) is 6.20 Å². The van der Waals surface area contributed by atoms with Gasteiger partial charge in [-0.2, -0.15) is 0 Å². The van der Waals surface area contributed by atoms with E-state index in [0.29, 0.717) is 4.90 Å². The van der Waals surface area contributed by atoms with Crippen molar-refractivity contribution in [1.29, 1.82) is 0 Å².